The fourth-order valence-electron chi connectivity index (χ4n) is 1.92. The number of amides is 1. The van der Waals surface area contributed by atoms with Gasteiger partial charge >= 0.3 is 0 Å². The third kappa shape index (κ3) is 2.56. The van der Waals surface area contributed by atoms with Gasteiger partial charge in [-0.05, 0) is 25.0 Å². The summed E-state index contributed by atoms with van der Waals surface area (Å²) < 4.78 is 4.98. The van der Waals surface area contributed by atoms with E-state index >= 15 is 0 Å². The van der Waals surface area contributed by atoms with E-state index in [0.717, 1.165) is 12.8 Å². The molecule has 0 radical (unpaired) electrons. The first-order valence-corrected chi connectivity index (χ1v) is 5.96. The molecule has 0 heterocycles. The Morgan fingerprint density at radius 1 is 1.39 bits per heavy atom. The van der Waals surface area contributed by atoms with Crippen LogP contribution in [0.3, 0.4) is 0 Å². The Bertz CT molecular complexity index is 422. The molecule has 0 aliphatic heterocycles. The fraction of sp³-hybridized carbons (Fsp3) is 0.462. The van der Waals surface area contributed by atoms with Gasteiger partial charge in [0.05, 0.1) is 6.61 Å². The first-order valence-electron chi connectivity index (χ1n) is 5.96. The summed E-state index contributed by atoms with van der Waals surface area (Å²) in [6.07, 6.45) is 1.92. The highest BCUT2D eigenvalue weighted by Gasteiger charge is 2.34. The summed E-state index contributed by atoms with van der Waals surface area (Å²) >= 11 is 0. The molecule has 1 aromatic rings. The lowest BCUT2D eigenvalue weighted by Crippen LogP contribution is -2.35. The van der Waals surface area contributed by atoms with Crippen molar-refractivity contribution in [3.05, 3.63) is 23.8 Å². The summed E-state index contributed by atoms with van der Waals surface area (Å²) in [7, 11) is 1.58. The Morgan fingerprint density at radius 3 is 2.50 bits per heavy atom. The molecule has 2 rings (SSSR count). The Balaban J connectivity index is 2.22. The minimum Gasteiger partial charge on any atom is -0.507 e. The molecular weight excluding hydrogens is 234 g/mol. The van der Waals surface area contributed by atoms with E-state index in [1.165, 1.54) is 18.2 Å². The van der Waals surface area contributed by atoms with E-state index in [0.29, 0.717) is 13.2 Å². The lowest BCUT2D eigenvalue weighted by atomic mass is 10.1. The van der Waals surface area contributed by atoms with Crippen LogP contribution in [0.5, 0.6) is 11.5 Å². The van der Waals surface area contributed by atoms with Crippen LogP contribution in [0.25, 0.3) is 0 Å². The van der Waals surface area contributed by atoms with Gasteiger partial charge in [0.15, 0.2) is 0 Å². The van der Waals surface area contributed by atoms with Gasteiger partial charge in [-0.15, -0.1) is 0 Å². The molecule has 0 saturated heterocycles. The van der Waals surface area contributed by atoms with E-state index in [1.807, 2.05) is 0 Å². The molecule has 1 fully saturated rings. The van der Waals surface area contributed by atoms with E-state index < -0.39 is 0 Å². The van der Waals surface area contributed by atoms with Crippen LogP contribution >= 0.6 is 0 Å². The van der Waals surface area contributed by atoms with Crippen LogP contribution in [0, 0.1) is 0 Å². The Hall–Kier alpha value is -1.75. The molecule has 1 aliphatic rings. The summed E-state index contributed by atoms with van der Waals surface area (Å²) in [5.74, 6) is -0.726. The smallest absolute Gasteiger partial charge is 0.261 e. The van der Waals surface area contributed by atoms with Crippen molar-refractivity contribution in [1.29, 1.82) is 0 Å². The van der Waals surface area contributed by atoms with Crippen LogP contribution in [-0.2, 0) is 4.74 Å². The number of phenolic OH excluding ortho intramolecular Hbond substituents is 2. The Kier molecular flexibility index (Phi) is 3.72. The van der Waals surface area contributed by atoms with Gasteiger partial charge in [0, 0.05) is 19.7 Å². The maximum Gasteiger partial charge on any atom is 0.261 e. The number of carbonyl (C=O) groups excluding carboxylic acids is 1. The molecule has 0 atom stereocenters. The number of hydrogen-bond acceptors (Lipinski definition) is 4. The zero-order valence-corrected chi connectivity index (χ0v) is 10.3. The molecule has 18 heavy (non-hydrogen) atoms. The molecule has 0 aromatic heterocycles. The normalized spacial score (nSPS) is 14.5. The zero-order valence-electron chi connectivity index (χ0n) is 10.3. The predicted molar refractivity (Wildman–Crippen MR) is 65.7 cm³/mol. The highest BCUT2D eigenvalue weighted by Crippen LogP contribution is 2.33. The topological polar surface area (TPSA) is 70.0 Å². The van der Waals surface area contributed by atoms with Crippen molar-refractivity contribution in [1.82, 2.24) is 4.90 Å². The monoisotopic (exact) mass is 251 g/mol. The summed E-state index contributed by atoms with van der Waals surface area (Å²) in [5, 5.41) is 19.4. The first kappa shape index (κ1) is 12.7. The number of benzene rings is 1. The van der Waals surface area contributed by atoms with Gasteiger partial charge in [0.1, 0.15) is 17.1 Å². The average molecular weight is 251 g/mol. The molecule has 1 amide bonds. The van der Waals surface area contributed by atoms with Crippen molar-refractivity contribution in [2.24, 2.45) is 0 Å². The molecule has 1 saturated carbocycles. The van der Waals surface area contributed by atoms with Crippen LogP contribution in [0.2, 0.25) is 0 Å². The molecule has 2 N–H and O–H groups in total. The van der Waals surface area contributed by atoms with E-state index in [9.17, 15) is 15.0 Å². The second kappa shape index (κ2) is 5.27. The second-order valence-electron chi connectivity index (χ2n) is 4.39. The second-order valence-corrected chi connectivity index (χ2v) is 4.39. The van der Waals surface area contributed by atoms with Gasteiger partial charge in [-0.25, -0.2) is 0 Å². The van der Waals surface area contributed by atoms with Gasteiger partial charge in [-0.1, -0.05) is 6.07 Å². The molecule has 98 valence electrons. The third-order valence-corrected chi connectivity index (χ3v) is 3.02. The van der Waals surface area contributed by atoms with Crippen LogP contribution in [0.15, 0.2) is 18.2 Å². The van der Waals surface area contributed by atoms with Crippen LogP contribution in [0.4, 0.5) is 0 Å². The molecule has 1 aliphatic carbocycles. The van der Waals surface area contributed by atoms with Gasteiger partial charge in [-0.2, -0.15) is 0 Å². The SMILES string of the molecule is COCCN(C(=O)c1c(O)cccc1O)C1CC1. The molecular formula is C13H17NO4. The molecule has 0 unspecified atom stereocenters. The highest BCUT2D eigenvalue weighted by molar-refractivity contribution is 5.99. The van der Waals surface area contributed by atoms with E-state index in [1.54, 1.807) is 12.0 Å². The van der Waals surface area contributed by atoms with Gasteiger partial charge in [0.25, 0.3) is 5.91 Å². The van der Waals surface area contributed by atoms with Crippen LogP contribution in [-0.4, -0.2) is 47.3 Å². The number of nitrogens with zero attached hydrogens (tertiary/aromatic N) is 1. The molecule has 5 heteroatoms. The maximum atomic E-state index is 12.3. The molecule has 0 spiro atoms. The summed E-state index contributed by atoms with van der Waals surface area (Å²) in [5.41, 5.74) is -0.0273. The highest BCUT2D eigenvalue weighted by atomic mass is 16.5. The van der Waals surface area contributed by atoms with Crippen molar-refractivity contribution >= 4 is 5.91 Å². The standard InChI is InChI=1S/C13H17NO4/c1-18-8-7-14(9-5-6-9)13(17)12-10(15)3-2-4-11(12)16/h2-4,9,15-16H,5-8H2,1H3. The lowest BCUT2D eigenvalue weighted by Gasteiger charge is -2.22. The van der Waals surface area contributed by atoms with Crippen LogP contribution < -0.4 is 0 Å². The van der Waals surface area contributed by atoms with Crippen molar-refractivity contribution in [3.8, 4) is 11.5 Å². The number of ether oxygens (including phenoxy) is 1. The summed E-state index contributed by atoms with van der Waals surface area (Å²) in [6.45, 7) is 0.907. The van der Waals surface area contributed by atoms with Crippen LogP contribution in [0.1, 0.15) is 23.2 Å². The average Bonchev–Trinajstić information content (AvgIpc) is 3.14. The van der Waals surface area contributed by atoms with E-state index in [2.05, 4.69) is 0 Å². The lowest BCUT2D eigenvalue weighted by molar-refractivity contribution is 0.0674. The molecule has 1 aromatic carbocycles. The Labute approximate surface area is 106 Å². The molecule has 0 bridgehead atoms. The van der Waals surface area contributed by atoms with Crippen molar-refractivity contribution < 1.29 is 19.7 Å². The minimum absolute atomic E-state index is 0.0273. The minimum atomic E-state index is -0.342. The maximum absolute atomic E-state index is 12.3. The molecule has 5 nitrogen and oxygen atoms in total. The van der Waals surface area contributed by atoms with Gasteiger partial charge in [0.2, 0.25) is 0 Å². The predicted octanol–water partition coefficient (Wildman–Crippen LogP) is 1.35. The van der Waals surface area contributed by atoms with Gasteiger partial charge in [-0.3, -0.25) is 4.79 Å². The van der Waals surface area contributed by atoms with Crippen molar-refractivity contribution in [2.75, 3.05) is 20.3 Å². The number of aromatic hydroxyl groups is 2. The number of phenols is 2. The first-order chi connectivity index (χ1) is 8.65. The fourth-order valence-corrected chi connectivity index (χ4v) is 1.92. The van der Waals surface area contributed by atoms with Crippen molar-refractivity contribution in [2.45, 2.75) is 18.9 Å². The van der Waals surface area contributed by atoms with E-state index in [-0.39, 0.29) is 29.0 Å². The zero-order chi connectivity index (χ0) is 13.1. The summed E-state index contributed by atoms with van der Waals surface area (Å²) in [4.78, 5) is 14.0. The number of carbonyl (C=O) groups is 1. The number of rotatable bonds is 5. The van der Waals surface area contributed by atoms with E-state index in [4.69, 9.17) is 4.74 Å². The Morgan fingerprint density at radius 2 is 2.00 bits per heavy atom. The quantitative estimate of drug-likeness (QED) is 0.828. The summed E-state index contributed by atoms with van der Waals surface area (Å²) in [6, 6.07) is 4.49. The van der Waals surface area contributed by atoms with Gasteiger partial charge < -0.3 is 19.8 Å². The number of methoxy groups -OCH3 is 1. The number of hydrogen-bond donors (Lipinski definition) is 2. The largest absolute Gasteiger partial charge is 0.507 e. The van der Waals surface area contributed by atoms with Crippen molar-refractivity contribution in [3.63, 3.8) is 0 Å². The third-order valence-electron chi connectivity index (χ3n) is 3.02.